The molecule has 92 valence electrons. The van der Waals surface area contributed by atoms with Gasteiger partial charge in [0.05, 0.1) is 35.6 Å². The molecule has 0 aromatic heterocycles. The largest absolute Gasteiger partial charge is 0.483 e. The van der Waals surface area contributed by atoms with Gasteiger partial charge in [-0.25, -0.2) is 4.99 Å². The number of anilines is 1. The highest BCUT2D eigenvalue weighted by Gasteiger charge is 2.32. The number of benzene rings is 1. The molecule has 0 aliphatic carbocycles. The molecular formula is C10H8ClF3N2O. The predicted octanol–water partition coefficient (Wildman–Crippen LogP) is 3.46. The van der Waals surface area contributed by atoms with Crippen molar-refractivity contribution >= 4 is 28.9 Å². The number of nitrogens with one attached hydrogen (secondary N) is 1. The highest BCUT2D eigenvalue weighted by Crippen LogP contribution is 2.41. The maximum atomic E-state index is 12.6. The molecule has 0 bridgehead atoms. The van der Waals surface area contributed by atoms with Crippen LogP contribution in [0.3, 0.4) is 0 Å². The lowest BCUT2D eigenvalue weighted by Gasteiger charge is -2.19. The van der Waals surface area contributed by atoms with Gasteiger partial charge in [-0.3, -0.25) is 0 Å². The number of hydrogen-bond acceptors (Lipinski definition) is 3. The van der Waals surface area contributed by atoms with E-state index >= 15 is 0 Å². The van der Waals surface area contributed by atoms with Gasteiger partial charge in [0, 0.05) is 0 Å². The van der Waals surface area contributed by atoms with Gasteiger partial charge < -0.3 is 10.1 Å². The van der Waals surface area contributed by atoms with E-state index in [0.29, 0.717) is 18.1 Å². The van der Waals surface area contributed by atoms with Gasteiger partial charge in [0.15, 0.2) is 0 Å². The summed E-state index contributed by atoms with van der Waals surface area (Å²) in [5.74, 6) is 0.313. The SMILES string of the molecule is COC1=Nc2cc(C(F)(F)F)cc(Cl)c2NC1. The van der Waals surface area contributed by atoms with Gasteiger partial charge >= 0.3 is 6.18 Å². The van der Waals surface area contributed by atoms with Gasteiger partial charge in [0.2, 0.25) is 5.90 Å². The third kappa shape index (κ3) is 2.31. The Morgan fingerprint density at radius 2 is 2.12 bits per heavy atom. The molecule has 3 nitrogen and oxygen atoms in total. The molecule has 1 heterocycles. The summed E-state index contributed by atoms with van der Waals surface area (Å²) in [6, 6.07) is 1.81. The van der Waals surface area contributed by atoms with Crippen LogP contribution in [-0.2, 0) is 10.9 Å². The van der Waals surface area contributed by atoms with Crippen molar-refractivity contribution in [3.05, 3.63) is 22.7 Å². The fourth-order valence-corrected chi connectivity index (χ4v) is 1.76. The molecule has 1 aromatic carbocycles. The summed E-state index contributed by atoms with van der Waals surface area (Å²) in [4.78, 5) is 3.95. The summed E-state index contributed by atoms with van der Waals surface area (Å²) in [7, 11) is 1.40. The second-order valence-electron chi connectivity index (χ2n) is 3.41. The van der Waals surface area contributed by atoms with Crippen LogP contribution < -0.4 is 5.32 Å². The summed E-state index contributed by atoms with van der Waals surface area (Å²) in [6.45, 7) is 0.300. The van der Waals surface area contributed by atoms with E-state index in [1.54, 1.807) is 0 Å². The molecule has 17 heavy (non-hydrogen) atoms. The maximum Gasteiger partial charge on any atom is 0.416 e. The summed E-state index contributed by atoms with van der Waals surface area (Å²) in [5.41, 5.74) is -0.308. The highest BCUT2D eigenvalue weighted by atomic mass is 35.5. The minimum Gasteiger partial charge on any atom is -0.483 e. The number of aliphatic imine (C=N–C) groups is 1. The molecule has 1 aliphatic heterocycles. The molecule has 0 fully saturated rings. The van der Waals surface area contributed by atoms with Crippen molar-refractivity contribution in [2.75, 3.05) is 19.0 Å². The Balaban J connectivity index is 2.54. The van der Waals surface area contributed by atoms with Crippen molar-refractivity contribution in [3.8, 4) is 0 Å². The monoisotopic (exact) mass is 264 g/mol. The Labute approximate surface area is 100 Å². The molecule has 1 N–H and O–H groups in total. The average molecular weight is 265 g/mol. The molecule has 7 heteroatoms. The summed E-state index contributed by atoms with van der Waals surface area (Å²) >= 11 is 5.77. The number of fused-ring (bicyclic) bond motifs is 1. The molecule has 1 aliphatic rings. The Kier molecular flexibility index (Phi) is 2.91. The van der Waals surface area contributed by atoms with Crippen molar-refractivity contribution in [3.63, 3.8) is 0 Å². The number of methoxy groups -OCH3 is 1. The first-order chi connectivity index (χ1) is 7.91. The van der Waals surface area contributed by atoms with Crippen molar-refractivity contribution in [1.82, 2.24) is 0 Å². The number of hydrogen-bond donors (Lipinski definition) is 1. The van der Waals surface area contributed by atoms with Gasteiger partial charge in [-0.05, 0) is 12.1 Å². The fraction of sp³-hybridized carbons (Fsp3) is 0.300. The molecule has 0 amide bonds. The Bertz CT molecular complexity index is 485. The van der Waals surface area contributed by atoms with E-state index in [9.17, 15) is 13.2 Å². The maximum absolute atomic E-state index is 12.6. The van der Waals surface area contributed by atoms with Gasteiger partial charge in [0.25, 0.3) is 0 Å². The van der Waals surface area contributed by atoms with Crippen LogP contribution in [0.15, 0.2) is 17.1 Å². The second kappa shape index (κ2) is 4.10. The number of nitrogens with zero attached hydrogens (tertiary/aromatic N) is 1. The lowest BCUT2D eigenvalue weighted by molar-refractivity contribution is -0.137. The predicted molar refractivity (Wildman–Crippen MR) is 59.0 cm³/mol. The zero-order valence-electron chi connectivity index (χ0n) is 8.73. The van der Waals surface area contributed by atoms with Crippen LogP contribution in [0.5, 0.6) is 0 Å². The van der Waals surface area contributed by atoms with E-state index < -0.39 is 11.7 Å². The molecule has 0 atom stereocenters. The standard InChI is InChI=1S/C10H8ClF3N2O/c1-17-8-4-15-9-6(11)2-5(10(12,13)14)3-7(9)16-8/h2-3,15H,4H2,1H3. The highest BCUT2D eigenvalue weighted by molar-refractivity contribution is 6.34. The fourth-order valence-electron chi connectivity index (χ4n) is 1.47. The number of ether oxygens (including phenoxy) is 1. The van der Waals surface area contributed by atoms with E-state index in [0.717, 1.165) is 12.1 Å². The van der Waals surface area contributed by atoms with Crippen LogP contribution in [0.1, 0.15) is 5.56 Å². The summed E-state index contributed by atoms with van der Waals surface area (Å²) in [5, 5.41) is 2.85. The van der Waals surface area contributed by atoms with Gasteiger partial charge in [-0.15, -0.1) is 0 Å². The minimum atomic E-state index is -4.45. The lowest BCUT2D eigenvalue weighted by atomic mass is 10.1. The zero-order chi connectivity index (χ0) is 12.6. The molecular weight excluding hydrogens is 257 g/mol. The van der Waals surface area contributed by atoms with Crippen molar-refractivity contribution in [2.45, 2.75) is 6.18 Å². The van der Waals surface area contributed by atoms with E-state index in [1.807, 2.05) is 0 Å². The number of rotatable bonds is 0. The Hall–Kier alpha value is -1.43. The first-order valence-electron chi connectivity index (χ1n) is 4.68. The topological polar surface area (TPSA) is 33.6 Å². The minimum absolute atomic E-state index is 0.00581. The number of halogens is 4. The summed E-state index contributed by atoms with van der Waals surface area (Å²) in [6.07, 6.45) is -4.45. The number of alkyl halides is 3. The summed E-state index contributed by atoms with van der Waals surface area (Å²) < 4.78 is 42.6. The van der Waals surface area contributed by atoms with Crippen LogP contribution in [0.25, 0.3) is 0 Å². The average Bonchev–Trinajstić information content (AvgIpc) is 2.27. The first-order valence-corrected chi connectivity index (χ1v) is 5.06. The molecule has 0 saturated carbocycles. The van der Waals surface area contributed by atoms with Crippen LogP contribution in [0, 0.1) is 0 Å². The van der Waals surface area contributed by atoms with Crippen LogP contribution in [0.4, 0.5) is 24.5 Å². The smallest absolute Gasteiger partial charge is 0.416 e. The lowest BCUT2D eigenvalue weighted by Crippen LogP contribution is -2.19. The van der Waals surface area contributed by atoms with Crippen LogP contribution >= 0.6 is 11.6 Å². The Morgan fingerprint density at radius 3 is 2.71 bits per heavy atom. The quantitative estimate of drug-likeness (QED) is 0.778. The zero-order valence-corrected chi connectivity index (χ0v) is 9.49. The van der Waals surface area contributed by atoms with Crippen molar-refractivity contribution in [1.29, 1.82) is 0 Å². The van der Waals surface area contributed by atoms with Gasteiger partial charge in [-0.1, -0.05) is 11.6 Å². The van der Waals surface area contributed by atoms with Crippen LogP contribution in [-0.4, -0.2) is 19.6 Å². The first kappa shape index (κ1) is 12.0. The van der Waals surface area contributed by atoms with E-state index in [-0.39, 0.29) is 10.7 Å². The van der Waals surface area contributed by atoms with E-state index in [1.165, 1.54) is 7.11 Å². The molecule has 0 radical (unpaired) electrons. The van der Waals surface area contributed by atoms with Crippen LogP contribution in [0.2, 0.25) is 5.02 Å². The molecule has 0 spiro atoms. The van der Waals surface area contributed by atoms with Gasteiger partial charge in [-0.2, -0.15) is 13.2 Å². The van der Waals surface area contributed by atoms with Gasteiger partial charge in [0.1, 0.15) is 0 Å². The normalized spacial score (nSPS) is 14.8. The van der Waals surface area contributed by atoms with Crippen molar-refractivity contribution < 1.29 is 17.9 Å². The second-order valence-corrected chi connectivity index (χ2v) is 3.82. The van der Waals surface area contributed by atoms with E-state index in [2.05, 4.69) is 10.3 Å². The molecule has 2 rings (SSSR count). The van der Waals surface area contributed by atoms with Crippen molar-refractivity contribution in [2.24, 2.45) is 4.99 Å². The third-order valence-electron chi connectivity index (χ3n) is 2.29. The third-order valence-corrected chi connectivity index (χ3v) is 2.59. The molecule has 0 unspecified atom stereocenters. The Morgan fingerprint density at radius 1 is 1.41 bits per heavy atom. The molecule has 0 saturated heterocycles. The van der Waals surface area contributed by atoms with E-state index in [4.69, 9.17) is 16.3 Å². The molecule has 1 aromatic rings.